The smallest absolute Gasteiger partial charge is 0.270 e. The summed E-state index contributed by atoms with van der Waals surface area (Å²) in [5.74, 6) is -1.51. The Morgan fingerprint density at radius 2 is 1.92 bits per heavy atom. The number of nitrogens with one attached hydrogen (secondary N) is 1. The maximum Gasteiger partial charge on any atom is 0.270 e. The van der Waals surface area contributed by atoms with Gasteiger partial charge in [-0.1, -0.05) is 43.1 Å². The largest absolute Gasteiger partial charge is 0.485 e. The first kappa shape index (κ1) is 26.1. The average molecular weight is 523 g/mol. The van der Waals surface area contributed by atoms with Crippen LogP contribution in [0.3, 0.4) is 0 Å². The van der Waals surface area contributed by atoms with Gasteiger partial charge in [-0.2, -0.15) is 5.26 Å². The number of rotatable bonds is 9. The first-order valence-corrected chi connectivity index (χ1v) is 12.2. The number of aryl methyl sites for hydroxylation is 2. The standard InChI is InChI=1S/C28H25ClF2N4O2/c1-3-5-24-26(28(36)34-23(12-13-32)18-8-10-19(29)11-9-18)35-15-17(2)14-25(27(35)33-24)37-16-20-21(30)6-4-7-22(20)31/h4,6-11,14-15,23H,3,5,12,16H2,1-2H3,(H,34,36). The molecule has 4 rings (SSSR count). The third-order valence-corrected chi connectivity index (χ3v) is 6.16. The van der Waals surface area contributed by atoms with Crippen molar-refractivity contribution in [2.75, 3.05) is 0 Å². The normalized spacial score (nSPS) is 11.8. The van der Waals surface area contributed by atoms with Gasteiger partial charge in [0, 0.05) is 11.2 Å². The molecule has 0 spiro atoms. The van der Waals surface area contributed by atoms with Crippen LogP contribution < -0.4 is 10.1 Å². The highest BCUT2D eigenvalue weighted by Gasteiger charge is 2.24. The number of halogens is 3. The highest BCUT2D eigenvalue weighted by atomic mass is 35.5. The maximum absolute atomic E-state index is 14.1. The number of benzene rings is 2. The van der Waals surface area contributed by atoms with Gasteiger partial charge in [0.2, 0.25) is 0 Å². The fourth-order valence-corrected chi connectivity index (χ4v) is 4.26. The number of carbonyl (C=O) groups is 1. The zero-order valence-electron chi connectivity index (χ0n) is 20.4. The number of amides is 1. The van der Waals surface area contributed by atoms with Crippen molar-refractivity contribution in [3.05, 3.63) is 99.5 Å². The number of imidazole rings is 1. The Balaban J connectivity index is 1.72. The lowest BCUT2D eigenvalue weighted by atomic mass is 10.0. The van der Waals surface area contributed by atoms with E-state index in [4.69, 9.17) is 16.3 Å². The van der Waals surface area contributed by atoms with Crippen LogP contribution in [0, 0.1) is 29.9 Å². The number of carbonyl (C=O) groups excluding carboxylic acids is 1. The van der Waals surface area contributed by atoms with Crippen LogP contribution in [0.25, 0.3) is 5.65 Å². The molecule has 0 saturated heterocycles. The lowest BCUT2D eigenvalue weighted by Crippen LogP contribution is -2.30. The molecule has 0 fully saturated rings. The number of nitrogens with zero attached hydrogens (tertiary/aromatic N) is 3. The molecule has 1 N–H and O–H groups in total. The van der Waals surface area contributed by atoms with Gasteiger partial charge in [0.05, 0.1) is 29.8 Å². The zero-order chi connectivity index (χ0) is 26.5. The van der Waals surface area contributed by atoms with Crippen molar-refractivity contribution < 1.29 is 18.3 Å². The molecular formula is C28H25ClF2N4O2. The zero-order valence-corrected chi connectivity index (χ0v) is 21.1. The number of ether oxygens (including phenoxy) is 1. The number of hydrogen-bond donors (Lipinski definition) is 1. The second kappa shape index (κ2) is 11.4. The van der Waals surface area contributed by atoms with Crippen LogP contribution in [0.5, 0.6) is 5.75 Å². The minimum absolute atomic E-state index is 0.0643. The molecule has 1 unspecified atom stereocenters. The van der Waals surface area contributed by atoms with Gasteiger partial charge in [-0.15, -0.1) is 0 Å². The van der Waals surface area contributed by atoms with Crippen molar-refractivity contribution in [3.8, 4) is 11.8 Å². The number of nitriles is 1. The molecule has 0 saturated carbocycles. The lowest BCUT2D eigenvalue weighted by Gasteiger charge is -2.17. The summed E-state index contributed by atoms with van der Waals surface area (Å²) < 4.78 is 35.7. The summed E-state index contributed by atoms with van der Waals surface area (Å²) in [5, 5.41) is 12.9. The van der Waals surface area contributed by atoms with Crippen LogP contribution in [-0.2, 0) is 13.0 Å². The van der Waals surface area contributed by atoms with Crippen LogP contribution in [0.2, 0.25) is 5.02 Å². The van der Waals surface area contributed by atoms with E-state index in [9.17, 15) is 18.8 Å². The van der Waals surface area contributed by atoms with E-state index in [0.717, 1.165) is 17.5 Å². The Bertz CT molecular complexity index is 1460. The first-order valence-electron chi connectivity index (χ1n) is 11.8. The molecule has 0 radical (unpaired) electrons. The molecule has 2 aromatic carbocycles. The second-order valence-electron chi connectivity index (χ2n) is 8.66. The van der Waals surface area contributed by atoms with Crippen molar-refractivity contribution in [2.45, 2.75) is 45.8 Å². The second-order valence-corrected chi connectivity index (χ2v) is 9.10. The van der Waals surface area contributed by atoms with Crippen LogP contribution in [0.1, 0.15) is 58.7 Å². The number of pyridine rings is 1. The van der Waals surface area contributed by atoms with Crippen LogP contribution >= 0.6 is 11.6 Å². The van der Waals surface area contributed by atoms with E-state index in [-0.39, 0.29) is 18.6 Å². The van der Waals surface area contributed by atoms with Crippen LogP contribution in [-0.4, -0.2) is 15.3 Å². The van der Waals surface area contributed by atoms with Gasteiger partial charge in [-0.05, 0) is 54.8 Å². The third-order valence-electron chi connectivity index (χ3n) is 5.90. The lowest BCUT2D eigenvalue weighted by molar-refractivity contribution is 0.0930. The molecule has 2 heterocycles. The van der Waals surface area contributed by atoms with Crippen molar-refractivity contribution in [2.24, 2.45) is 0 Å². The maximum atomic E-state index is 14.1. The summed E-state index contributed by atoms with van der Waals surface area (Å²) in [6, 6.07) is 13.8. The Kier molecular flexibility index (Phi) is 8.04. The van der Waals surface area contributed by atoms with Gasteiger partial charge < -0.3 is 10.1 Å². The van der Waals surface area contributed by atoms with Gasteiger partial charge in [0.25, 0.3) is 5.91 Å². The summed E-state index contributed by atoms with van der Waals surface area (Å²) in [4.78, 5) is 18.3. The van der Waals surface area contributed by atoms with Crippen molar-refractivity contribution in [3.63, 3.8) is 0 Å². The molecule has 9 heteroatoms. The van der Waals surface area contributed by atoms with E-state index in [2.05, 4.69) is 16.4 Å². The number of fused-ring (bicyclic) bond motifs is 1. The predicted molar refractivity (Wildman–Crippen MR) is 137 cm³/mol. The van der Waals surface area contributed by atoms with Crippen LogP contribution in [0.15, 0.2) is 54.7 Å². The molecule has 6 nitrogen and oxygen atoms in total. The van der Waals surface area contributed by atoms with Crippen LogP contribution in [0.4, 0.5) is 8.78 Å². The summed E-state index contributed by atoms with van der Waals surface area (Å²) in [6.45, 7) is 3.46. The van der Waals surface area contributed by atoms with Crippen molar-refractivity contribution in [1.82, 2.24) is 14.7 Å². The number of aromatic nitrogens is 2. The molecule has 190 valence electrons. The van der Waals surface area contributed by atoms with Gasteiger partial charge >= 0.3 is 0 Å². The van der Waals surface area contributed by atoms with E-state index in [1.165, 1.54) is 18.2 Å². The van der Waals surface area contributed by atoms with Crippen molar-refractivity contribution in [1.29, 1.82) is 5.26 Å². The Labute approximate surface area is 218 Å². The topological polar surface area (TPSA) is 79.4 Å². The first-order chi connectivity index (χ1) is 17.8. The Morgan fingerprint density at radius 3 is 2.57 bits per heavy atom. The Hall–Kier alpha value is -3.96. The highest BCUT2D eigenvalue weighted by molar-refractivity contribution is 6.30. The molecule has 0 bridgehead atoms. The molecule has 1 atom stereocenters. The highest BCUT2D eigenvalue weighted by Crippen LogP contribution is 2.28. The fraction of sp³-hybridized carbons (Fsp3) is 0.250. The Morgan fingerprint density at radius 1 is 1.22 bits per heavy atom. The summed E-state index contributed by atoms with van der Waals surface area (Å²) >= 11 is 6.00. The van der Waals surface area contributed by atoms with Gasteiger partial charge in [-0.3, -0.25) is 9.20 Å². The number of hydrogen-bond acceptors (Lipinski definition) is 4. The monoisotopic (exact) mass is 522 g/mol. The molecule has 0 aliphatic carbocycles. The summed E-state index contributed by atoms with van der Waals surface area (Å²) in [7, 11) is 0. The molecular weight excluding hydrogens is 498 g/mol. The minimum atomic E-state index is -0.704. The molecule has 2 aromatic heterocycles. The molecule has 1 amide bonds. The molecule has 0 aliphatic heterocycles. The molecule has 4 aromatic rings. The molecule has 0 aliphatic rings. The van der Waals surface area contributed by atoms with E-state index in [1.54, 1.807) is 40.9 Å². The van der Waals surface area contributed by atoms with Gasteiger partial charge in [-0.25, -0.2) is 13.8 Å². The van der Waals surface area contributed by atoms with Gasteiger partial charge in [0.15, 0.2) is 11.4 Å². The predicted octanol–water partition coefficient (Wildman–Crippen LogP) is 6.49. The van der Waals surface area contributed by atoms with Crippen molar-refractivity contribution >= 4 is 23.2 Å². The van der Waals surface area contributed by atoms with Gasteiger partial charge in [0.1, 0.15) is 23.9 Å². The summed E-state index contributed by atoms with van der Waals surface area (Å²) in [5.41, 5.74) is 2.55. The third kappa shape index (κ3) is 5.73. The van der Waals surface area contributed by atoms with E-state index in [1.807, 2.05) is 13.8 Å². The quantitative estimate of drug-likeness (QED) is 0.272. The van der Waals surface area contributed by atoms with E-state index in [0.29, 0.717) is 34.2 Å². The van der Waals surface area contributed by atoms with E-state index < -0.39 is 23.6 Å². The fourth-order valence-electron chi connectivity index (χ4n) is 4.13. The summed E-state index contributed by atoms with van der Waals surface area (Å²) in [6.07, 6.45) is 3.08. The SMILES string of the molecule is CCCc1nc2c(OCc3c(F)cccc3F)cc(C)cn2c1C(=O)NC(CC#N)c1ccc(Cl)cc1. The average Bonchev–Trinajstić information content (AvgIpc) is 3.22. The minimum Gasteiger partial charge on any atom is -0.485 e. The molecule has 37 heavy (non-hydrogen) atoms. The van der Waals surface area contributed by atoms with E-state index >= 15 is 0 Å².